The Balaban J connectivity index is 1.62. The molecular formula is C20H23N5O2. The second-order valence-electron chi connectivity index (χ2n) is 7.56. The lowest BCUT2D eigenvalue weighted by atomic mass is 10.1. The Kier molecular flexibility index (Phi) is 4.24. The topological polar surface area (TPSA) is 77.1 Å². The van der Waals surface area contributed by atoms with Gasteiger partial charge in [0.1, 0.15) is 5.82 Å². The predicted molar refractivity (Wildman–Crippen MR) is 100 cm³/mol. The van der Waals surface area contributed by atoms with E-state index in [9.17, 15) is 4.79 Å². The lowest BCUT2D eigenvalue weighted by molar-refractivity contribution is 0.199. The van der Waals surface area contributed by atoms with E-state index in [1.165, 1.54) is 19.2 Å². The Morgan fingerprint density at radius 2 is 1.96 bits per heavy atom. The fraction of sp³-hybridized carbons (Fsp3) is 0.500. The lowest BCUT2D eigenvalue weighted by Gasteiger charge is -2.27. The van der Waals surface area contributed by atoms with Gasteiger partial charge < -0.3 is 4.52 Å². The summed E-state index contributed by atoms with van der Waals surface area (Å²) in [4.78, 5) is 24.9. The average Bonchev–Trinajstić information content (AvgIpc) is 3.45. The zero-order valence-corrected chi connectivity index (χ0v) is 15.3. The molecule has 0 radical (unpaired) electrons. The van der Waals surface area contributed by atoms with Crippen molar-refractivity contribution in [1.29, 1.82) is 0 Å². The molecule has 0 bridgehead atoms. The first kappa shape index (κ1) is 16.6. The van der Waals surface area contributed by atoms with Crippen LogP contribution in [0.2, 0.25) is 0 Å². The fourth-order valence-corrected chi connectivity index (χ4v) is 4.66. The van der Waals surface area contributed by atoms with Crippen molar-refractivity contribution in [2.24, 2.45) is 0 Å². The molecule has 0 N–H and O–H groups in total. The molecule has 1 aliphatic carbocycles. The van der Waals surface area contributed by atoms with E-state index >= 15 is 0 Å². The van der Waals surface area contributed by atoms with Crippen LogP contribution in [0.25, 0.3) is 10.9 Å². The number of rotatable bonds is 4. The van der Waals surface area contributed by atoms with Gasteiger partial charge in [-0.15, -0.1) is 0 Å². The first-order valence-corrected chi connectivity index (χ1v) is 9.82. The van der Waals surface area contributed by atoms with E-state index in [0.29, 0.717) is 12.4 Å². The van der Waals surface area contributed by atoms with Crippen molar-refractivity contribution in [3.8, 4) is 0 Å². The van der Waals surface area contributed by atoms with Crippen molar-refractivity contribution in [1.82, 2.24) is 24.6 Å². The minimum atomic E-state index is 0.104. The molecule has 0 spiro atoms. The summed E-state index contributed by atoms with van der Waals surface area (Å²) in [6, 6.07) is 8.07. The number of nitrogens with zero attached hydrogens (tertiary/aromatic N) is 5. The molecule has 1 aliphatic heterocycles. The number of fused-ring (bicyclic) bond motifs is 1. The van der Waals surface area contributed by atoms with E-state index in [2.05, 4.69) is 15.0 Å². The fourth-order valence-electron chi connectivity index (χ4n) is 4.66. The molecule has 3 heterocycles. The summed E-state index contributed by atoms with van der Waals surface area (Å²) in [6.45, 7) is 1.54. The summed E-state index contributed by atoms with van der Waals surface area (Å²) in [7, 11) is 0. The highest BCUT2D eigenvalue weighted by molar-refractivity contribution is 5.77. The number of para-hydroxylation sites is 1. The standard InChI is InChI=1S/C20H23N5O2/c26-20-15-8-3-4-9-16(15)23-19(25(20)14-6-1-2-7-14)17-10-5-11-24(17)12-18-21-13-22-27-18/h3-4,8-9,13-14,17H,1-2,5-7,10-12H2. The van der Waals surface area contributed by atoms with Crippen LogP contribution >= 0.6 is 0 Å². The Bertz CT molecular complexity index is 991. The van der Waals surface area contributed by atoms with Crippen molar-refractivity contribution in [2.45, 2.75) is 57.2 Å². The van der Waals surface area contributed by atoms with Gasteiger partial charge in [0.25, 0.3) is 5.56 Å². The average molecular weight is 365 g/mol. The minimum absolute atomic E-state index is 0.104. The first-order valence-electron chi connectivity index (χ1n) is 9.82. The van der Waals surface area contributed by atoms with Gasteiger partial charge in [-0.1, -0.05) is 30.1 Å². The highest BCUT2D eigenvalue weighted by Crippen LogP contribution is 2.36. The zero-order valence-electron chi connectivity index (χ0n) is 15.3. The molecule has 27 heavy (non-hydrogen) atoms. The Morgan fingerprint density at radius 3 is 2.78 bits per heavy atom. The van der Waals surface area contributed by atoms with Gasteiger partial charge in [-0.2, -0.15) is 4.98 Å². The molecule has 1 unspecified atom stereocenters. The third kappa shape index (κ3) is 2.96. The van der Waals surface area contributed by atoms with Gasteiger partial charge in [0, 0.05) is 6.04 Å². The number of aromatic nitrogens is 4. The summed E-state index contributed by atoms with van der Waals surface area (Å²) < 4.78 is 7.22. The van der Waals surface area contributed by atoms with Crippen LogP contribution in [-0.2, 0) is 6.54 Å². The quantitative estimate of drug-likeness (QED) is 0.706. The van der Waals surface area contributed by atoms with Gasteiger partial charge in [0.15, 0.2) is 6.33 Å². The van der Waals surface area contributed by atoms with E-state index in [-0.39, 0.29) is 17.6 Å². The van der Waals surface area contributed by atoms with Gasteiger partial charge in [-0.25, -0.2) is 4.98 Å². The molecule has 1 atom stereocenters. The van der Waals surface area contributed by atoms with Gasteiger partial charge in [-0.3, -0.25) is 14.3 Å². The van der Waals surface area contributed by atoms with Gasteiger partial charge >= 0.3 is 0 Å². The number of benzene rings is 1. The molecule has 2 aliphatic rings. The molecule has 140 valence electrons. The molecule has 7 nitrogen and oxygen atoms in total. The van der Waals surface area contributed by atoms with Crippen LogP contribution in [0.15, 0.2) is 39.9 Å². The van der Waals surface area contributed by atoms with Crippen LogP contribution in [0.1, 0.15) is 62.3 Å². The molecule has 1 aromatic carbocycles. The normalized spacial score (nSPS) is 21.4. The second-order valence-corrected chi connectivity index (χ2v) is 7.56. The molecule has 2 fully saturated rings. The van der Waals surface area contributed by atoms with Crippen LogP contribution in [0.4, 0.5) is 0 Å². The smallest absolute Gasteiger partial charge is 0.261 e. The molecule has 0 amide bonds. The number of hydrogen-bond acceptors (Lipinski definition) is 6. The molecule has 7 heteroatoms. The van der Waals surface area contributed by atoms with E-state index in [1.807, 2.05) is 28.8 Å². The number of hydrogen-bond donors (Lipinski definition) is 0. The van der Waals surface area contributed by atoms with Crippen molar-refractivity contribution in [3.63, 3.8) is 0 Å². The molecule has 3 aromatic rings. The predicted octanol–water partition coefficient (Wildman–Crippen LogP) is 3.23. The molecule has 2 aromatic heterocycles. The number of likely N-dealkylation sites (tertiary alicyclic amines) is 1. The van der Waals surface area contributed by atoms with Crippen LogP contribution < -0.4 is 5.56 Å². The maximum atomic E-state index is 13.4. The highest BCUT2D eigenvalue weighted by atomic mass is 16.5. The summed E-state index contributed by atoms with van der Waals surface area (Å²) in [5.41, 5.74) is 0.892. The van der Waals surface area contributed by atoms with Crippen molar-refractivity contribution < 1.29 is 4.52 Å². The third-order valence-electron chi connectivity index (χ3n) is 5.93. The summed E-state index contributed by atoms with van der Waals surface area (Å²) >= 11 is 0. The van der Waals surface area contributed by atoms with Gasteiger partial charge in [0.2, 0.25) is 5.89 Å². The maximum Gasteiger partial charge on any atom is 0.261 e. The van der Waals surface area contributed by atoms with Crippen LogP contribution in [0.3, 0.4) is 0 Å². The SMILES string of the molecule is O=c1c2ccccc2nc(C2CCCN2Cc2ncno2)n1C1CCCC1. The van der Waals surface area contributed by atoms with E-state index in [0.717, 1.165) is 49.0 Å². The van der Waals surface area contributed by atoms with Gasteiger partial charge in [-0.05, 0) is 44.4 Å². The molecular weight excluding hydrogens is 342 g/mol. The first-order chi connectivity index (χ1) is 13.3. The monoisotopic (exact) mass is 365 g/mol. The van der Waals surface area contributed by atoms with E-state index in [4.69, 9.17) is 9.51 Å². The summed E-state index contributed by atoms with van der Waals surface area (Å²) in [5.74, 6) is 1.51. The highest BCUT2D eigenvalue weighted by Gasteiger charge is 2.33. The van der Waals surface area contributed by atoms with Gasteiger partial charge in [0.05, 0.1) is 23.5 Å². The van der Waals surface area contributed by atoms with E-state index in [1.54, 1.807) is 0 Å². The Hall–Kier alpha value is -2.54. The van der Waals surface area contributed by atoms with Crippen molar-refractivity contribution in [3.05, 3.63) is 52.7 Å². The lowest BCUT2D eigenvalue weighted by Crippen LogP contribution is -2.33. The van der Waals surface area contributed by atoms with Crippen molar-refractivity contribution >= 4 is 10.9 Å². The largest absolute Gasteiger partial charge is 0.338 e. The second kappa shape index (κ2) is 6.88. The summed E-state index contributed by atoms with van der Waals surface area (Å²) in [6.07, 6.45) is 7.98. The maximum absolute atomic E-state index is 13.4. The molecule has 1 saturated carbocycles. The minimum Gasteiger partial charge on any atom is -0.338 e. The summed E-state index contributed by atoms with van der Waals surface area (Å²) in [5, 5.41) is 4.43. The van der Waals surface area contributed by atoms with Crippen LogP contribution in [0.5, 0.6) is 0 Å². The molecule has 1 saturated heterocycles. The third-order valence-corrected chi connectivity index (χ3v) is 5.93. The molecule has 5 rings (SSSR count). The Labute approximate surface area is 157 Å². The van der Waals surface area contributed by atoms with Crippen LogP contribution in [0, 0.1) is 0 Å². The zero-order chi connectivity index (χ0) is 18.2. The Morgan fingerprint density at radius 1 is 1.11 bits per heavy atom. The van der Waals surface area contributed by atoms with Crippen molar-refractivity contribution in [2.75, 3.05) is 6.54 Å². The van der Waals surface area contributed by atoms with E-state index < -0.39 is 0 Å². The van der Waals surface area contributed by atoms with Crippen LogP contribution in [-0.4, -0.2) is 31.1 Å².